The summed E-state index contributed by atoms with van der Waals surface area (Å²) in [6.07, 6.45) is 1.17. The second-order valence-corrected chi connectivity index (χ2v) is 3.15. The summed E-state index contributed by atoms with van der Waals surface area (Å²) >= 11 is 0. The molecular formula is C8H14N2O3. The lowest BCUT2D eigenvalue weighted by Crippen LogP contribution is -2.51. The van der Waals surface area contributed by atoms with Gasteiger partial charge < -0.3 is 5.11 Å². The van der Waals surface area contributed by atoms with Gasteiger partial charge in [-0.3, -0.25) is 20.0 Å². The first-order valence-corrected chi connectivity index (χ1v) is 4.40. The number of carbonyl (C=O) groups excluding carboxylic acids is 2. The summed E-state index contributed by atoms with van der Waals surface area (Å²) in [6.45, 7) is 1.90. The first kappa shape index (κ1) is 9.98. The highest BCUT2D eigenvalue weighted by atomic mass is 16.3. The summed E-state index contributed by atoms with van der Waals surface area (Å²) in [5.74, 6) is -0.615. The van der Waals surface area contributed by atoms with Crippen LogP contribution in [0.3, 0.4) is 0 Å². The fourth-order valence-corrected chi connectivity index (χ4v) is 1.15. The lowest BCUT2D eigenvalue weighted by molar-refractivity contribution is -0.146. The second-order valence-electron chi connectivity index (χ2n) is 3.15. The van der Waals surface area contributed by atoms with Crippen molar-refractivity contribution in [3.63, 3.8) is 0 Å². The molecule has 1 unspecified atom stereocenters. The van der Waals surface area contributed by atoms with Crippen LogP contribution in [0, 0.1) is 0 Å². The van der Waals surface area contributed by atoms with E-state index in [4.69, 9.17) is 5.11 Å². The molecule has 13 heavy (non-hydrogen) atoms. The van der Waals surface area contributed by atoms with Crippen LogP contribution >= 0.6 is 0 Å². The SMILES string of the molecule is CC(O)C(=O)NN1CCCCC1=O. The van der Waals surface area contributed by atoms with Gasteiger partial charge in [-0.2, -0.15) is 0 Å². The van der Waals surface area contributed by atoms with Crippen LogP contribution in [0.4, 0.5) is 0 Å². The van der Waals surface area contributed by atoms with E-state index < -0.39 is 12.0 Å². The smallest absolute Gasteiger partial charge is 0.267 e. The lowest BCUT2D eigenvalue weighted by atomic mass is 10.1. The van der Waals surface area contributed by atoms with E-state index in [0.29, 0.717) is 13.0 Å². The highest BCUT2D eigenvalue weighted by Gasteiger charge is 2.21. The number of rotatable bonds is 2. The number of aliphatic hydroxyl groups is 1. The summed E-state index contributed by atoms with van der Waals surface area (Å²) < 4.78 is 0. The van der Waals surface area contributed by atoms with Crippen LogP contribution in [0.2, 0.25) is 0 Å². The molecule has 1 aliphatic rings. The molecular weight excluding hydrogens is 172 g/mol. The van der Waals surface area contributed by atoms with Gasteiger partial charge in [-0.15, -0.1) is 0 Å². The van der Waals surface area contributed by atoms with Crippen LogP contribution in [-0.4, -0.2) is 34.6 Å². The molecule has 74 valence electrons. The molecule has 5 nitrogen and oxygen atoms in total. The molecule has 2 amide bonds. The van der Waals surface area contributed by atoms with Gasteiger partial charge in [0.25, 0.3) is 5.91 Å². The second kappa shape index (κ2) is 4.23. The van der Waals surface area contributed by atoms with Crippen LogP contribution in [-0.2, 0) is 9.59 Å². The quantitative estimate of drug-likeness (QED) is 0.605. The zero-order valence-electron chi connectivity index (χ0n) is 7.62. The molecule has 0 spiro atoms. The number of carbonyl (C=O) groups is 2. The maximum absolute atomic E-state index is 11.2. The number of hydrazine groups is 1. The molecule has 5 heteroatoms. The number of hydrogen-bond acceptors (Lipinski definition) is 3. The number of amides is 2. The van der Waals surface area contributed by atoms with Crippen LogP contribution in [0.5, 0.6) is 0 Å². The molecule has 1 aliphatic heterocycles. The molecule has 1 fully saturated rings. The monoisotopic (exact) mass is 186 g/mol. The van der Waals surface area contributed by atoms with Gasteiger partial charge in [-0.05, 0) is 19.8 Å². The summed E-state index contributed by atoms with van der Waals surface area (Å²) in [5, 5.41) is 10.2. The molecule has 1 heterocycles. The maximum atomic E-state index is 11.2. The number of nitrogens with one attached hydrogen (secondary N) is 1. The van der Waals surface area contributed by atoms with Crippen molar-refractivity contribution in [1.29, 1.82) is 0 Å². The van der Waals surface area contributed by atoms with E-state index >= 15 is 0 Å². The van der Waals surface area contributed by atoms with Gasteiger partial charge in [0.1, 0.15) is 6.10 Å². The Morgan fingerprint density at radius 2 is 2.31 bits per heavy atom. The third kappa shape index (κ3) is 2.69. The largest absolute Gasteiger partial charge is 0.383 e. The van der Waals surface area contributed by atoms with Gasteiger partial charge in [0, 0.05) is 13.0 Å². The highest BCUT2D eigenvalue weighted by Crippen LogP contribution is 2.07. The van der Waals surface area contributed by atoms with Crippen LogP contribution < -0.4 is 5.43 Å². The zero-order valence-corrected chi connectivity index (χ0v) is 7.62. The number of aliphatic hydroxyl groups excluding tert-OH is 1. The average molecular weight is 186 g/mol. The van der Waals surface area contributed by atoms with E-state index in [1.165, 1.54) is 11.9 Å². The maximum Gasteiger partial charge on any atom is 0.267 e. The number of hydrogen-bond donors (Lipinski definition) is 2. The molecule has 0 bridgehead atoms. The van der Waals surface area contributed by atoms with Crippen LogP contribution in [0.25, 0.3) is 0 Å². The molecule has 1 saturated heterocycles. The predicted octanol–water partition coefficient (Wildman–Crippen LogP) is -0.589. The van der Waals surface area contributed by atoms with Crippen LogP contribution in [0.1, 0.15) is 26.2 Å². The average Bonchev–Trinajstić information content (AvgIpc) is 2.08. The Morgan fingerprint density at radius 3 is 2.85 bits per heavy atom. The third-order valence-electron chi connectivity index (χ3n) is 1.95. The molecule has 0 aliphatic carbocycles. The van der Waals surface area contributed by atoms with Crippen molar-refractivity contribution in [3.8, 4) is 0 Å². The molecule has 0 saturated carbocycles. The van der Waals surface area contributed by atoms with E-state index in [-0.39, 0.29) is 5.91 Å². The van der Waals surface area contributed by atoms with Crippen molar-refractivity contribution in [2.24, 2.45) is 0 Å². The standard InChI is InChI=1S/C8H14N2O3/c1-6(11)8(13)9-10-5-3-2-4-7(10)12/h6,11H,2-5H2,1H3,(H,9,13). The zero-order chi connectivity index (χ0) is 9.84. The van der Waals surface area contributed by atoms with Crippen molar-refractivity contribution in [1.82, 2.24) is 10.4 Å². The first-order valence-electron chi connectivity index (χ1n) is 4.40. The third-order valence-corrected chi connectivity index (χ3v) is 1.95. The molecule has 0 aromatic heterocycles. The molecule has 1 rings (SSSR count). The minimum Gasteiger partial charge on any atom is -0.383 e. The summed E-state index contributed by atoms with van der Waals surface area (Å²) in [6, 6.07) is 0. The van der Waals surface area contributed by atoms with Crippen molar-refractivity contribution >= 4 is 11.8 Å². The van der Waals surface area contributed by atoms with E-state index in [0.717, 1.165) is 12.8 Å². The summed E-state index contributed by atoms with van der Waals surface area (Å²) in [5.41, 5.74) is 2.36. The Balaban J connectivity index is 2.43. The van der Waals surface area contributed by atoms with Gasteiger partial charge in [0.2, 0.25) is 5.91 Å². The van der Waals surface area contributed by atoms with Gasteiger partial charge >= 0.3 is 0 Å². The fourth-order valence-electron chi connectivity index (χ4n) is 1.15. The summed E-state index contributed by atoms with van der Waals surface area (Å²) in [7, 11) is 0. The molecule has 0 aromatic carbocycles. The minimum absolute atomic E-state index is 0.0831. The number of piperidine rings is 1. The Morgan fingerprint density at radius 1 is 1.62 bits per heavy atom. The van der Waals surface area contributed by atoms with E-state index in [9.17, 15) is 9.59 Å². The normalized spacial score (nSPS) is 19.8. The predicted molar refractivity (Wildman–Crippen MR) is 45.4 cm³/mol. The Labute approximate surface area is 76.7 Å². The van der Waals surface area contributed by atoms with Gasteiger partial charge in [0.05, 0.1) is 0 Å². The highest BCUT2D eigenvalue weighted by molar-refractivity contribution is 5.84. The van der Waals surface area contributed by atoms with Crippen molar-refractivity contribution in [3.05, 3.63) is 0 Å². The molecule has 0 aromatic rings. The van der Waals surface area contributed by atoms with Gasteiger partial charge in [0.15, 0.2) is 0 Å². The molecule has 1 atom stereocenters. The Bertz CT molecular complexity index is 215. The molecule has 0 radical (unpaired) electrons. The lowest BCUT2D eigenvalue weighted by Gasteiger charge is -2.27. The fraction of sp³-hybridized carbons (Fsp3) is 0.750. The van der Waals surface area contributed by atoms with Crippen molar-refractivity contribution < 1.29 is 14.7 Å². The summed E-state index contributed by atoms with van der Waals surface area (Å²) in [4.78, 5) is 22.2. The van der Waals surface area contributed by atoms with E-state index in [1.54, 1.807) is 0 Å². The van der Waals surface area contributed by atoms with Gasteiger partial charge in [-0.1, -0.05) is 0 Å². The number of nitrogens with zero attached hydrogens (tertiary/aromatic N) is 1. The van der Waals surface area contributed by atoms with Crippen molar-refractivity contribution in [2.75, 3.05) is 6.54 Å². The van der Waals surface area contributed by atoms with Crippen molar-refractivity contribution in [2.45, 2.75) is 32.3 Å². The Kier molecular flexibility index (Phi) is 3.25. The van der Waals surface area contributed by atoms with Crippen LogP contribution in [0.15, 0.2) is 0 Å². The van der Waals surface area contributed by atoms with E-state index in [1.807, 2.05) is 0 Å². The Hall–Kier alpha value is -1.10. The topological polar surface area (TPSA) is 69.6 Å². The molecule has 2 N–H and O–H groups in total. The van der Waals surface area contributed by atoms with E-state index in [2.05, 4.69) is 5.43 Å². The first-order chi connectivity index (χ1) is 6.11. The van der Waals surface area contributed by atoms with Gasteiger partial charge in [-0.25, -0.2) is 0 Å². The minimum atomic E-state index is -1.07.